The first-order valence-corrected chi connectivity index (χ1v) is 7.06. The molecule has 2 rings (SSSR count). The monoisotopic (exact) mass is 378 g/mol. The minimum Gasteiger partial charge on any atom is -0.294 e. The van der Waals surface area contributed by atoms with E-state index in [4.69, 9.17) is 23.2 Å². The number of carbonyl (C=O) groups excluding carboxylic acids is 1. The number of hydrogen-bond donors (Lipinski definition) is 0. The lowest BCUT2D eigenvalue weighted by molar-refractivity contribution is 0.0984. The van der Waals surface area contributed by atoms with Gasteiger partial charge in [-0.05, 0) is 45.8 Å². The van der Waals surface area contributed by atoms with Crippen LogP contribution in [0.1, 0.15) is 15.9 Å². The summed E-state index contributed by atoms with van der Waals surface area (Å²) >= 11 is 14.8. The van der Waals surface area contributed by atoms with Gasteiger partial charge in [-0.2, -0.15) is 0 Å². The molecule has 0 atom stereocenters. The minimum absolute atomic E-state index is 0.0208. The smallest absolute Gasteiger partial charge is 0.173 e. The van der Waals surface area contributed by atoms with E-state index in [2.05, 4.69) is 15.9 Å². The summed E-state index contributed by atoms with van der Waals surface area (Å²) in [6, 6.07) is 6.96. The normalized spacial score (nSPS) is 10.7. The topological polar surface area (TPSA) is 17.1 Å². The molecule has 0 radical (unpaired) electrons. The average molecular weight is 380 g/mol. The van der Waals surface area contributed by atoms with E-state index in [1.807, 2.05) is 0 Å². The van der Waals surface area contributed by atoms with Crippen molar-refractivity contribution < 1.29 is 13.6 Å². The molecule has 1 nitrogen and oxygen atoms in total. The van der Waals surface area contributed by atoms with Crippen molar-refractivity contribution in [2.75, 3.05) is 0 Å². The summed E-state index contributed by atoms with van der Waals surface area (Å²) in [4.78, 5) is 12.1. The largest absolute Gasteiger partial charge is 0.294 e. The van der Waals surface area contributed by atoms with E-state index in [1.165, 1.54) is 6.07 Å². The maximum atomic E-state index is 13.8. The van der Waals surface area contributed by atoms with Crippen LogP contribution in [0.2, 0.25) is 10.0 Å². The maximum absolute atomic E-state index is 13.8. The van der Waals surface area contributed by atoms with Crippen LogP contribution < -0.4 is 0 Å². The van der Waals surface area contributed by atoms with Crippen molar-refractivity contribution in [2.24, 2.45) is 0 Å². The van der Waals surface area contributed by atoms with Crippen molar-refractivity contribution in [1.29, 1.82) is 0 Å². The van der Waals surface area contributed by atoms with E-state index in [9.17, 15) is 13.6 Å². The fourth-order valence-electron chi connectivity index (χ4n) is 1.73. The molecule has 20 heavy (non-hydrogen) atoms. The standard InChI is InChI=1S/C14H7BrCl2F2O/c15-8-4-5-11(18)13(14(8)19)12(20)6-7-9(16)2-1-3-10(7)17/h1-5H,6H2. The molecule has 0 bridgehead atoms. The first-order valence-electron chi connectivity index (χ1n) is 5.51. The molecular formula is C14H7BrCl2F2O. The Morgan fingerprint density at radius 3 is 2.30 bits per heavy atom. The number of rotatable bonds is 3. The Bertz CT molecular complexity index is 669. The molecule has 0 N–H and O–H groups in total. The van der Waals surface area contributed by atoms with Gasteiger partial charge in [-0.15, -0.1) is 0 Å². The molecule has 0 amide bonds. The van der Waals surface area contributed by atoms with Gasteiger partial charge in [0, 0.05) is 16.5 Å². The molecule has 0 saturated heterocycles. The second kappa shape index (κ2) is 6.20. The summed E-state index contributed by atoms with van der Waals surface area (Å²) in [5.74, 6) is -2.58. The highest BCUT2D eigenvalue weighted by Crippen LogP contribution is 2.28. The summed E-state index contributed by atoms with van der Waals surface area (Å²) < 4.78 is 27.5. The predicted molar refractivity (Wildman–Crippen MR) is 78.6 cm³/mol. The van der Waals surface area contributed by atoms with Gasteiger partial charge in [0.25, 0.3) is 0 Å². The van der Waals surface area contributed by atoms with Crippen LogP contribution >= 0.6 is 39.1 Å². The van der Waals surface area contributed by atoms with Crippen molar-refractivity contribution in [1.82, 2.24) is 0 Å². The van der Waals surface area contributed by atoms with Crippen LogP contribution in [0.3, 0.4) is 0 Å². The van der Waals surface area contributed by atoms with Gasteiger partial charge in [0.15, 0.2) is 11.6 Å². The summed E-state index contributed by atoms with van der Waals surface area (Å²) in [5.41, 5.74) is -0.255. The highest BCUT2D eigenvalue weighted by Gasteiger charge is 2.21. The van der Waals surface area contributed by atoms with Crippen LogP contribution in [0.25, 0.3) is 0 Å². The Morgan fingerprint density at radius 1 is 1.10 bits per heavy atom. The molecule has 0 spiro atoms. The second-order valence-electron chi connectivity index (χ2n) is 4.02. The lowest BCUT2D eigenvalue weighted by atomic mass is 10.0. The first kappa shape index (κ1) is 15.4. The molecule has 0 fully saturated rings. The summed E-state index contributed by atoms with van der Waals surface area (Å²) in [7, 11) is 0. The first-order chi connectivity index (χ1) is 9.41. The molecule has 0 aliphatic carbocycles. The summed E-state index contributed by atoms with van der Waals surface area (Å²) in [6.07, 6.45) is -0.275. The molecule has 0 unspecified atom stereocenters. The number of hydrogen-bond acceptors (Lipinski definition) is 1. The van der Waals surface area contributed by atoms with Crippen LogP contribution in [-0.4, -0.2) is 5.78 Å². The molecule has 6 heteroatoms. The SMILES string of the molecule is O=C(Cc1c(Cl)cccc1Cl)c1c(F)ccc(Br)c1F. The van der Waals surface area contributed by atoms with Gasteiger partial charge in [-0.1, -0.05) is 29.3 Å². The van der Waals surface area contributed by atoms with Gasteiger partial charge >= 0.3 is 0 Å². The van der Waals surface area contributed by atoms with E-state index in [1.54, 1.807) is 18.2 Å². The molecule has 0 aliphatic heterocycles. The van der Waals surface area contributed by atoms with E-state index < -0.39 is 23.0 Å². The zero-order chi connectivity index (χ0) is 14.9. The van der Waals surface area contributed by atoms with Crippen LogP contribution in [0, 0.1) is 11.6 Å². The van der Waals surface area contributed by atoms with E-state index in [0.29, 0.717) is 5.56 Å². The Labute approximate surface area is 132 Å². The van der Waals surface area contributed by atoms with Crippen molar-refractivity contribution in [3.05, 3.63) is 67.6 Å². The van der Waals surface area contributed by atoms with Crippen molar-refractivity contribution >= 4 is 44.9 Å². The van der Waals surface area contributed by atoms with Crippen LogP contribution in [0.4, 0.5) is 8.78 Å². The lowest BCUT2D eigenvalue weighted by Crippen LogP contribution is -2.10. The predicted octanol–water partition coefficient (Wildman–Crippen LogP) is 5.46. The van der Waals surface area contributed by atoms with Crippen molar-refractivity contribution in [3.63, 3.8) is 0 Å². The lowest BCUT2D eigenvalue weighted by Gasteiger charge is -2.08. The summed E-state index contributed by atoms with van der Waals surface area (Å²) in [6.45, 7) is 0. The Hall–Kier alpha value is -0.970. The highest BCUT2D eigenvalue weighted by molar-refractivity contribution is 9.10. The zero-order valence-electron chi connectivity index (χ0n) is 9.89. The van der Waals surface area contributed by atoms with E-state index in [0.717, 1.165) is 6.07 Å². The van der Waals surface area contributed by atoms with Crippen LogP contribution in [-0.2, 0) is 6.42 Å². The molecular weight excluding hydrogens is 373 g/mol. The van der Waals surface area contributed by atoms with Gasteiger partial charge in [0.2, 0.25) is 0 Å². The molecule has 2 aromatic rings. The highest BCUT2D eigenvalue weighted by atomic mass is 79.9. The molecule has 104 valence electrons. The molecule has 2 aromatic carbocycles. The number of carbonyl (C=O) groups is 1. The van der Waals surface area contributed by atoms with Gasteiger partial charge < -0.3 is 0 Å². The Morgan fingerprint density at radius 2 is 1.70 bits per heavy atom. The fourth-order valence-corrected chi connectivity index (χ4v) is 2.59. The minimum atomic E-state index is -0.932. The number of halogens is 5. The number of benzene rings is 2. The third kappa shape index (κ3) is 3.03. The van der Waals surface area contributed by atoms with Crippen LogP contribution in [0.15, 0.2) is 34.8 Å². The van der Waals surface area contributed by atoms with Gasteiger partial charge in [0.1, 0.15) is 5.82 Å². The quantitative estimate of drug-likeness (QED) is 0.511. The van der Waals surface area contributed by atoms with E-state index in [-0.39, 0.29) is 20.9 Å². The molecule has 0 heterocycles. The number of ketones is 1. The van der Waals surface area contributed by atoms with Gasteiger partial charge in [-0.25, -0.2) is 8.78 Å². The third-order valence-electron chi connectivity index (χ3n) is 2.72. The second-order valence-corrected chi connectivity index (χ2v) is 5.69. The average Bonchev–Trinajstić information content (AvgIpc) is 2.39. The third-order valence-corrected chi connectivity index (χ3v) is 4.04. The van der Waals surface area contributed by atoms with Crippen LogP contribution in [0.5, 0.6) is 0 Å². The van der Waals surface area contributed by atoms with Gasteiger partial charge in [0.05, 0.1) is 10.0 Å². The summed E-state index contributed by atoms with van der Waals surface area (Å²) in [5, 5.41) is 0.559. The Balaban J connectivity index is 2.41. The van der Waals surface area contributed by atoms with Gasteiger partial charge in [-0.3, -0.25) is 4.79 Å². The molecule has 0 aromatic heterocycles. The number of Topliss-reactive ketones (excluding diaryl/α,β-unsaturated/α-hetero) is 1. The zero-order valence-corrected chi connectivity index (χ0v) is 13.0. The Kier molecular flexibility index (Phi) is 4.78. The molecule has 0 aliphatic rings. The molecule has 0 saturated carbocycles. The van der Waals surface area contributed by atoms with Crippen molar-refractivity contribution in [2.45, 2.75) is 6.42 Å². The fraction of sp³-hybridized carbons (Fsp3) is 0.0714. The van der Waals surface area contributed by atoms with Crippen molar-refractivity contribution in [3.8, 4) is 0 Å². The van der Waals surface area contributed by atoms with E-state index >= 15 is 0 Å². The maximum Gasteiger partial charge on any atom is 0.173 e.